The number of rotatable bonds is 9. The number of aromatic nitrogens is 1. The second kappa shape index (κ2) is 11.2. The summed E-state index contributed by atoms with van der Waals surface area (Å²) >= 11 is 0. The number of carbonyl (C=O) groups is 1. The van der Waals surface area contributed by atoms with Gasteiger partial charge in [0.1, 0.15) is 0 Å². The molecule has 1 fully saturated rings. The van der Waals surface area contributed by atoms with E-state index >= 15 is 0 Å². The third-order valence-electron chi connectivity index (χ3n) is 8.43. The Morgan fingerprint density at radius 2 is 1.88 bits per heavy atom. The molecule has 0 bridgehead atoms. The molecule has 2 aliphatic heterocycles. The minimum absolute atomic E-state index is 0.269. The molecule has 10 heteroatoms. The molecule has 1 aromatic heterocycles. The summed E-state index contributed by atoms with van der Waals surface area (Å²) in [6.07, 6.45) is 3.99. The van der Waals surface area contributed by atoms with E-state index in [-0.39, 0.29) is 11.9 Å². The standard InChI is InChI=1S/C30H40N4O5S/c1-5-21-19-34-28-24(21)16-22(17-26(28)33(4)40(37,38)30(34,2)3)29(36)32-25(15-20-9-7-6-8-10-20)27(35)18-31-23-11-13-39-14-12-23/h6-10,16-17,19,23,25,27,31,35H,5,11-15,18H2,1-4H3,(H,32,36)/t25-,27+/m0/s1. The molecule has 9 nitrogen and oxygen atoms in total. The van der Waals surface area contributed by atoms with E-state index in [0.717, 1.165) is 34.9 Å². The first-order valence-corrected chi connectivity index (χ1v) is 15.5. The zero-order chi connectivity index (χ0) is 28.7. The normalized spacial score (nSPS) is 19.9. The third-order valence-corrected chi connectivity index (χ3v) is 10.8. The van der Waals surface area contributed by atoms with Gasteiger partial charge in [0.25, 0.3) is 15.9 Å². The fourth-order valence-corrected chi connectivity index (χ4v) is 7.27. The largest absolute Gasteiger partial charge is 0.390 e. The Morgan fingerprint density at radius 1 is 1.18 bits per heavy atom. The third kappa shape index (κ3) is 5.13. The van der Waals surface area contributed by atoms with Crippen molar-refractivity contribution in [3.05, 3.63) is 65.4 Å². The van der Waals surface area contributed by atoms with Gasteiger partial charge in [0.05, 0.1) is 23.3 Å². The Morgan fingerprint density at radius 3 is 2.55 bits per heavy atom. The Kier molecular flexibility index (Phi) is 7.98. The van der Waals surface area contributed by atoms with E-state index < -0.39 is 27.0 Å². The van der Waals surface area contributed by atoms with Crippen molar-refractivity contribution in [2.24, 2.45) is 0 Å². The Labute approximate surface area is 236 Å². The second-order valence-corrected chi connectivity index (χ2v) is 13.8. The number of benzene rings is 2. The van der Waals surface area contributed by atoms with Crippen molar-refractivity contribution in [1.82, 2.24) is 15.2 Å². The van der Waals surface area contributed by atoms with E-state index in [0.29, 0.717) is 43.9 Å². The van der Waals surface area contributed by atoms with Gasteiger partial charge in [-0.25, -0.2) is 8.42 Å². The van der Waals surface area contributed by atoms with Crippen LogP contribution in [0.3, 0.4) is 0 Å². The lowest BCUT2D eigenvalue weighted by Crippen LogP contribution is -2.50. The lowest BCUT2D eigenvalue weighted by Gasteiger charge is -2.38. The van der Waals surface area contributed by atoms with Crippen LogP contribution >= 0.6 is 0 Å². The predicted octanol–water partition coefficient (Wildman–Crippen LogP) is 3.15. The van der Waals surface area contributed by atoms with Crippen molar-refractivity contribution >= 4 is 32.5 Å². The fourth-order valence-electron chi connectivity index (χ4n) is 5.81. The van der Waals surface area contributed by atoms with Crippen LogP contribution in [0.2, 0.25) is 0 Å². The molecular weight excluding hydrogens is 528 g/mol. The molecule has 0 unspecified atom stereocenters. The number of aryl methyl sites for hydroxylation is 1. The van der Waals surface area contributed by atoms with E-state index in [1.165, 1.54) is 4.31 Å². The number of aliphatic hydroxyl groups excluding tert-OH is 1. The topological polar surface area (TPSA) is 113 Å². The van der Waals surface area contributed by atoms with Gasteiger partial charge in [-0.3, -0.25) is 9.10 Å². The summed E-state index contributed by atoms with van der Waals surface area (Å²) < 4.78 is 35.4. The summed E-state index contributed by atoms with van der Waals surface area (Å²) in [4.78, 5) is 12.6. The molecule has 40 heavy (non-hydrogen) atoms. The first kappa shape index (κ1) is 28.6. The van der Waals surface area contributed by atoms with Crippen LogP contribution in [0, 0.1) is 0 Å². The SMILES string of the molecule is CCc1cn2c3c(cc(C(=O)N[C@@H](Cc4ccccc4)[C@H](O)CNC4CCOCC4)cc13)N(C)S(=O)(=O)C2(C)C. The zero-order valence-electron chi connectivity index (χ0n) is 23.7. The van der Waals surface area contributed by atoms with Crippen molar-refractivity contribution in [3.63, 3.8) is 0 Å². The van der Waals surface area contributed by atoms with E-state index in [1.807, 2.05) is 54.1 Å². The maximum Gasteiger partial charge on any atom is 0.258 e. The molecule has 0 spiro atoms. The number of carbonyl (C=O) groups excluding carboxylic acids is 1. The predicted molar refractivity (Wildman–Crippen MR) is 157 cm³/mol. The zero-order valence-corrected chi connectivity index (χ0v) is 24.5. The molecule has 3 N–H and O–H groups in total. The Balaban J connectivity index is 1.46. The molecule has 2 aliphatic rings. The van der Waals surface area contributed by atoms with Gasteiger partial charge >= 0.3 is 0 Å². The highest BCUT2D eigenvalue weighted by Crippen LogP contribution is 2.44. The molecule has 0 saturated carbocycles. The molecular formula is C30H40N4O5S. The van der Waals surface area contributed by atoms with E-state index in [2.05, 4.69) is 10.6 Å². The van der Waals surface area contributed by atoms with Crippen LogP contribution in [-0.2, 0) is 32.5 Å². The van der Waals surface area contributed by atoms with Crippen LogP contribution in [0.25, 0.3) is 10.9 Å². The molecule has 3 aromatic rings. The molecule has 0 radical (unpaired) electrons. The molecule has 1 saturated heterocycles. The van der Waals surface area contributed by atoms with Crippen molar-refractivity contribution in [1.29, 1.82) is 0 Å². The molecule has 2 aromatic carbocycles. The molecule has 216 valence electrons. The highest BCUT2D eigenvalue weighted by Gasteiger charge is 2.45. The number of ether oxygens (including phenoxy) is 1. The number of aliphatic hydroxyl groups is 1. The number of hydrogen-bond acceptors (Lipinski definition) is 6. The number of nitrogens with one attached hydrogen (secondary N) is 2. The van der Waals surface area contributed by atoms with Crippen LogP contribution in [0.4, 0.5) is 5.69 Å². The van der Waals surface area contributed by atoms with Crippen LogP contribution in [0.15, 0.2) is 48.7 Å². The number of amides is 1. The minimum atomic E-state index is -3.72. The van der Waals surface area contributed by atoms with Gasteiger partial charge in [0, 0.05) is 50.0 Å². The van der Waals surface area contributed by atoms with Gasteiger partial charge in [-0.05, 0) is 62.8 Å². The Bertz CT molecular complexity index is 1480. The fraction of sp³-hybridized carbons (Fsp3) is 0.500. The monoisotopic (exact) mass is 568 g/mol. The van der Waals surface area contributed by atoms with Crippen LogP contribution in [0.1, 0.15) is 55.1 Å². The van der Waals surface area contributed by atoms with Crippen LogP contribution in [0.5, 0.6) is 0 Å². The summed E-state index contributed by atoms with van der Waals surface area (Å²) in [5.41, 5.74) is 3.62. The van der Waals surface area contributed by atoms with Gasteiger partial charge in [0.2, 0.25) is 0 Å². The van der Waals surface area contributed by atoms with Crippen molar-refractivity contribution in [3.8, 4) is 0 Å². The molecule has 2 atom stereocenters. The highest BCUT2D eigenvalue weighted by molar-refractivity contribution is 7.93. The quantitative estimate of drug-likeness (QED) is 0.366. The highest BCUT2D eigenvalue weighted by atomic mass is 32.2. The number of nitrogens with zero attached hydrogens (tertiary/aromatic N) is 2. The van der Waals surface area contributed by atoms with Crippen molar-refractivity contribution < 1.29 is 23.1 Å². The summed E-state index contributed by atoms with van der Waals surface area (Å²) in [5, 5.41) is 18.6. The summed E-state index contributed by atoms with van der Waals surface area (Å²) in [6.45, 7) is 7.16. The van der Waals surface area contributed by atoms with Crippen molar-refractivity contribution in [2.75, 3.05) is 31.1 Å². The smallest absolute Gasteiger partial charge is 0.258 e. The maximum absolute atomic E-state index is 13.8. The summed E-state index contributed by atoms with van der Waals surface area (Å²) in [5.74, 6) is -0.352. The molecule has 0 aliphatic carbocycles. The van der Waals surface area contributed by atoms with E-state index in [1.54, 1.807) is 27.0 Å². The molecule has 1 amide bonds. The van der Waals surface area contributed by atoms with Gasteiger partial charge in [-0.15, -0.1) is 0 Å². The van der Waals surface area contributed by atoms with Crippen LogP contribution in [-0.4, -0.2) is 69.0 Å². The van der Waals surface area contributed by atoms with E-state index in [9.17, 15) is 18.3 Å². The Hall–Kier alpha value is -2.92. The summed E-state index contributed by atoms with van der Waals surface area (Å²) in [7, 11) is -2.18. The number of hydrogen-bond donors (Lipinski definition) is 3. The van der Waals surface area contributed by atoms with Gasteiger partial charge < -0.3 is 25.0 Å². The first-order valence-electron chi connectivity index (χ1n) is 14.1. The average molecular weight is 569 g/mol. The van der Waals surface area contributed by atoms with Gasteiger partial charge in [-0.2, -0.15) is 0 Å². The summed E-state index contributed by atoms with van der Waals surface area (Å²) in [6, 6.07) is 13.0. The van der Waals surface area contributed by atoms with E-state index in [4.69, 9.17) is 4.74 Å². The van der Waals surface area contributed by atoms with Gasteiger partial charge in [-0.1, -0.05) is 37.3 Å². The van der Waals surface area contributed by atoms with Gasteiger partial charge in [0.15, 0.2) is 4.87 Å². The maximum atomic E-state index is 13.8. The van der Waals surface area contributed by atoms with Crippen LogP contribution < -0.4 is 14.9 Å². The first-order chi connectivity index (χ1) is 19.0. The van der Waals surface area contributed by atoms with Crippen molar-refractivity contribution in [2.45, 2.75) is 69.5 Å². The minimum Gasteiger partial charge on any atom is -0.390 e. The molecule has 3 heterocycles. The molecule has 5 rings (SSSR count). The lowest BCUT2D eigenvalue weighted by molar-refractivity contribution is 0.0657. The second-order valence-electron chi connectivity index (χ2n) is 11.3. The number of anilines is 1. The number of sulfonamides is 1. The lowest BCUT2D eigenvalue weighted by atomic mass is 9.99. The average Bonchev–Trinajstić information content (AvgIpc) is 3.34.